The van der Waals surface area contributed by atoms with Crippen LogP contribution in [0.3, 0.4) is 0 Å². The minimum Gasteiger partial charge on any atom is -0.467 e. The Balaban J connectivity index is 1.76. The van der Waals surface area contributed by atoms with E-state index >= 15 is 0 Å². The highest BCUT2D eigenvalue weighted by Gasteiger charge is 2.30. The molecule has 3 rings (SSSR count). The zero-order valence-corrected chi connectivity index (χ0v) is 19.0. The van der Waals surface area contributed by atoms with Crippen LogP contribution in [-0.4, -0.2) is 42.1 Å². The minimum absolute atomic E-state index is 0.0743. The first kappa shape index (κ1) is 23.8. The lowest BCUT2D eigenvalue weighted by molar-refractivity contribution is -0.146. The Morgan fingerprint density at radius 3 is 2.36 bits per heavy atom. The van der Waals surface area contributed by atoms with Gasteiger partial charge in [-0.05, 0) is 23.1 Å². The van der Waals surface area contributed by atoms with Gasteiger partial charge in [-0.1, -0.05) is 62.4 Å². The molecule has 0 saturated heterocycles. The van der Waals surface area contributed by atoms with E-state index in [1.807, 2.05) is 60.8 Å². The number of hydrogen-bond acceptors (Lipinski definition) is 5. The minimum atomic E-state index is -0.960. The van der Waals surface area contributed by atoms with Crippen molar-refractivity contribution in [2.24, 2.45) is 5.92 Å². The number of nitrogens with one attached hydrogen (secondary N) is 3. The molecule has 0 saturated carbocycles. The molecule has 33 heavy (non-hydrogen) atoms. The number of aromatic amines is 1. The van der Waals surface area contributed by atoms with Gasteiger partial charge in [0.2, 0.25) is 5.91 Å². The highest BCUT2D eigenvalue weighted by Crippen LogP contribution is 2.19. The summed E-state index contributed by atoms with van der Waals surface area (Å²) in [4.78, 5) is 41.0. The SMILES string of the molecule is COC(=O)[C@@H](NC(=O)[C@@H](Cc1c[nH]c2ccccc12)NC(=O)OCc1ccccc1)C(C)C. The molecule has 0 bridgehead atoms. The van der Waals surface area contributed by atoms with Crippen LogP contribution >= 0.6 is 0 Å². The highest BCUT2D eigenvalue weighted by molar-refractivity contribution is 5.91. The molecule has 0 aliphatic carbocycles. The van der Waals surface area contributed by atoms with E-state index in [-0.39, 0.29) is 18.9 Å². The fraction of sp³-hybridized carbons (Fsp3) is 0.320. The molecule has 0 radical (unpaired) electrons. The Hall–Kier alpha value is -3.81. The number of methoxy groups -OCH3 is 1. The van der Waals surface area contributed by atoms with Crippen molar-refractivity contribution in [2.75, 3.05) is 7.11 Å². The Bertz CT molecular complexity index is 1090. The van der Waals surface area contributed by atoms with E-state index < -0.39 is 30.1 Å². The summed E-state index contributed by atoms with van der Waals surface area (Å²) in [6, 6.07) is 15.1. The first-order chi connectivity index (χ1) is 15.9. The van der Waals surface area contributed by atoms with Gasteiger partial charge in [0.05, 0.1) is 7.11 Å². The fourth-order valence-corrected chi connectivity index (χ4v) is 3.52. The molecule has 3 N–H and O–H groups in total. The summed E-state index contributed by atoms with van der Waals surface area (Å²) >= 11 is 0. The zero-order valence-electron chi connectivity index (χ0n) is 19.0. The standard InChI is InChI=1S/C25H29N3O5/c1-16(2)22(24(30)32-3)28-23(29)21(13-18-14-26-20-12-8-7-11-19(18)20)27-25(31)33-15-17-9-5-4-6-10-17/h4-12,14,16,21-22,26H,13,15H2,1-3H3,(H,27,31)(H,28,29)/t21-,22+/m1/s1. The number of hydrogen-bond donors (Lipinski definition) is 3. The molecule has 0 spiro atoms. The number of para-hydroxylation sites is 1. The molecule has 1 heterocycles. The predicted octanol–water partition coefficient (Wildman–Crippen LogP) is 3.32. The van der Waals surface area contributed by atoms with Crippen LogP contribution in [0.2, 0.25) is 0 Å². The van der Waals surface area contributed by atoms with Gasteiger partial charge >= 0.3 is 12.1 Å². The van der Waals surface area contributed by atoms with E-state index in [4.69, 9.17) is 9.47 Å². The van der Waals surface area contributed by atoms with E-state index in [2.05, 4.69) is 15.6 Å². The fourth-order valence-electron chi connectivity index (χ4n) is 3.52. The van der Waals surface area contributed by atoms with Crippen molar-refractivity contribution in [1.82, 2.24) is 15.6 Å². The normalized spacial score (nSPS) is 12.7. The highest BCUT2D eigenvalue weighted by atomic mass is 16.5. The molecular formula is C25H29N3O5. The van der Waals surface area contributed by atoms with E-state index in [1.165, 1.54) is 7.11 Å². The summed E-state index contributed by atoms with van der Waals surface area (Å²) in [5.41, 5.74) is 2.61. The summed E-state index contributed by atoms with van der Waals surface area (Å²) < 4.78 is 10.1. The maximum absolute atomic E-state index is 13.2. The number of ether oxygens (including phenoxy) is 2. The van der Waals surface area contributed by atoms with Crippen molar-refractivity contribution >= 4 is 28.9 Å². The van der Waals surface area contributed by atoms with Crippen LogP contribution in [0, 0.1) is 5.92 Å². The smallest absolute Gasteiger partial charge is 0.408 e. The number of esters is 1. The molecule has 2 atom stereocenters. The molecule has 2 aromatic carbocycles. The van der Waals surface area contributed by atoms with Crippen molar-refractivity contribution in [2.45, 2.75) is 39.0 Å². The van der Waals surface area contributed by atoms with Gasteiger partial charge in [-0.15, -0.1) is 0 Å². The molecule has 0 aliphatic rings. The monoisotopic (exact) mass is 451 g/mol. The van der Waals surface area contributed by atoms with Crippen LogP contribution in [0.25, 0.3) is 10.9 Å². The van der Waals surface area contributed by atoms with Crippen molar-refractivity contribution in [3.63, 3.8) is 0 Å². The van der Waals surface area contributed by atoms with Crippen LogP contribution in [0.4, 0.5) is 4.79 Å². The first-order valence-electron chi connectivity index (χ1n) is 10.8. The van der Waals surface area contributed by atoms with Gasteiger partial charge in [-0.3, -0.25) is 4.79 Å². The van der Waals surface area contributed by atoms with Crippen LogP contribution in [0.5, 0.6) is 0 Å². The van der Waals surface area contributed by atoms with Crippen LogP contribution in [0.15, 0.2) is 60.8 Å². The summed E-state index contributed by atoms with van der Waals surface area (Å²) in [7, 11) is 1.27. The Kier molecular flexibility index (Phi) is 8.07. The lowest BCUT2D eigenvalue weighted by Crippen LogP contribution is -2.54. The van der Waals surface area contributed by atoms with Crippen molar-refractivity contribution < 1.29 is 23.9 Å². The van der Waals surface area contributed by atoms with E-state index in [0.717, 1.165) is 22.0 Å². The average molecular weight is 452 g/mol. The molecule has 8 heteroatoms. The topological polar surface area (TPSA) is 110 Å². The van der Waals surface area contributed by atoms with Gasteiger partial charge in [-0.2, -0.15) is 0 Å². The summed E-state index contributed by atoms with van der Waals surface area (Å²) in [5, 5.41) is 6.31. The largest absolute Gasteiger partial charge is 0.467 e. The number of aromatic nitrogens is 1. The number of alkyl carbamates (subject to hydrolysis) is 1. The molecule has 1 aromatic heterocycles. The van der Waals surface area contributed by atoms with Gasteiger partial charge in [0, 0.05) is 23.5 Å². The van der Waals surface area contributed by atoms with Crippen LogP contribution in [-0.2, 0) is 32.1 Å². The number of benzene rings is 2. The molecule has 8 nitrogen and oxygen atoms in total. The van der Waals surface area contributed by atoms with Crippen LogP contribution < -0.4 is 10.6 Å². The summed E-state index contributed by atoms with van der Waals surface area (Å²) in [6.45, 7) is 3.68. The van der Waals surface area contributed by atoms with Gasteiger partial charge in [0.1, 0.15) is 18.7 Å². The summed E-state index contributed by atoms with van der Waals surface area (Å²) in [5.74, 6) is -1.24. The second-order valence-corrected chi connectivity index (χ2v) is 8.08. The zero-order chi connectivity index (χ0) is 23.8. The van der Waals surface area contributed by atoms with Gasteiger partial charge in [-0.25, -0.2) is 9.59 Å². The number of H-pyrrole nitrogens is 1. The van der Waals surface area contributed by atoms with Crippen molar-refractivity contribution in [3.8, 4) is 0 Å². The van der Waals surface area contributed by atoms with Gasteiger partial charge < -0.3 is 25.1 Å². The number of rotatable bonds is 9. The Labute approximate surface area is 192 Å². The first-order valence-corrected chi connectivity index (χ1v) is 10.8. The number of fused-ring (bicyclic) bond motifs is 1. The molecule has 2 amide bonds. The van der Waals surface area contributed by atoms with E-state index in [1.54, 1.807) is 13.8 Å². The Morgan fingerprint density at radius 1 is 0.970 bits per heavy atom. The third kappa shape index (κ3) is 6.35. The third-order valence-corrected chi connectivity index (χ3v) is 5.34. The quantitative estimate of drug-likeness (QED) is 0.433. The Morgan fingerprint density at radius 2 is 1.67 bits per heavy atom. The molecule has 3 aromatic rings. The van der Waals surface area contributed by atoms with Gasteiger partial charge in [0.15, 0.2) is 0 Å². The van der Waals surface area contributed by atoms with Crippen LogP contribution in [0.1, 0.15) is 25.0 Å². The molecule has 174 valence electrons. The molecule has 0 unspecified atom stereocenters. The van der Waals surface area contributed by atoms with Crippen molar-refractivity contribution in [1.29, 1.82) is 0 Å². The van der Waals surface area contributed by atoms with Gasteiger partial charge in [0.25, 0.3) is 0 Å². The molecule has 0 aliphatic heterocycles. The number of amides is 2. The lowest BCUT2D eigenvalue weighted by Gasteiger charge is -2.24. The maximum Gasteiger partial charge on any atom is 0.408 e. The second kappa shape index (κ2) is 11.2. The van der Waals surface area contributed by atoms with E-state index in [9.17, 15) is 14.4 Å². The maximum atomic E-state index is 13.2. The summed E-state index contributed by atoms with van der Waals surface area (Å²) in [6.07, 6.45) is 1.29. The van der Waals surface area contributed by atoms with E-state index in [0.29, 0.717) is 0 Å². The second-order valence-electron chi connectivity index (χ2n) is 8.08. The number of carbonyl (C=O) groups excluding carboxylic acids is 3. The third-order valence-electron chi connectivity index (χ3n) is 5.34. The number of carbonyl (C=O) groups is 3. The molecular weight excluding hydrogens is 422 g/mol. The lowest BCUT2D eigenvalue weighted by atomic mass is 10.0. The van der Waals surface area contributed by atoms with Crippen molar-refractivity contribution in [3.05, 3.63) is 71.9 Å². The predicted molar refractivity (Wildman–Crippen MR) is 124 cm³/mol. The molecule has 0 fully saturated rings. The average Bonchev–Trinajstić information content (AvgIpc) is 3.23.